The van der Waals surface area contributed by atoms with Gasteiger partial charge in [0, 0.05) is 29.6 Å². The molecule has 0 spiro atoms. The van der Waals surface area contributed by atoms with Crippen molar-refractivity contribution in [1.29, 1.82) is 0 Å². The number of urea groups is 1. The molecular formula is C15H18N2NaO3. The van der Waals surface area contributed by atoms with Crippen molar-refractivity contribution in [2.45, 2.75) is 32.6 Å². The van der Waals surface area contributed by atoms with E-state index in [2.05, 4.69) is 10.6 Å². The summed E-state index contributed by atoms with van der Waals surface area (Å²) < 4.78 is 0. The van der Waals surface area contributed by atoms with Gasteiger partial charge in [0.1, 0.15) is 5.41 Å². The maximum Gasteiger partial charge on any atom is 0.328 e. The number of carbonyl (C=O) groups is 3. The Morgan fingerprint density at radius 2 is 1.52 bits per heavy atom. The molecule has 21 heavy (non-hydrogen) atoms. The Bertz CT molecular complexity index is 511. The molecule has 2 N–H and O–H groups in total. The molecule has 0 aliphatic carbocycles. The number of barbiturate groups is 1. The van der Waals surface area contributed by atoms with E-state index in [1.807, 2.05) is 37.3 Å². The Labute approximate surface area is 146 Å². The van der Waals surface area contributed by atoms with Crippen molar-refractivity contribution in [2.75, 3.05) is 0 Å². The summed E-state index contributed by atoms with van der Waals surface area (Å²) in [4.78, 5) is 35.5. The molecule has 0 saturated carbocycles. The summed E-state index contributed by atoms with van der Waals surface area (Å²) in [6, 6.07) is 8.96. The van der Waals surface area contributed by atoms with Crippen LogP contribution in [0, 0.1) is 5.41 Å². The van der Waals surface area contributed by atoms with Crippen molar-refractivity contribution in [2.24, 2.45) is 5.41 Å². The van der Waals surface area contributed by atoms with Crippen molar-refractivity contribution >= 4 is 47.4 Å². The van der Waals surface area contributed by atoms with Gasteiger partial charge in [0.2, 0.25) is 11.8 Å². The molecule has 5 nitrogen and oxygen atoms in total. The van der Waals surface area contributed by atoms with Gasteiger partial charge < -0.3 is 0 Å². The van der Waals surface area contributed by atoms with E-state index < -0.39 is 23.3 Å². The Morgan fingerprint density at radius 1 is 0.952 bits per heavy atom. The maximum absolute atomic E-state index is 12.2. The molecular weight excluding hydrogens is 279 g/mol. The number of benzene rings is 1. The van der Waals surface area contributed by atoms with Crippen molar-refractivity contribution in [3.63, 3.8) is 0 Å². The van der Waals surface area contributed by atoms with Crippen molar-refractivity contribution < 1.29 is 14.4 Å². The molecule has 1 heterocycles. The molecule has 1 aromatic rings. The quantitative estimate of drug-likeness (QED) is 0.637. The van der Waals surface area contributed by atoms with Crippen LogP contribution in [0.2, 0.25) is 0 Å². The minimum absolute atomic E-state index is 0. The van der Waals surface area contributed by atoms with Gasteiger partial charge in [-0.1, -0.05) is 43.7 Å². The summed E-state index contributed by atoms with van der Waals surface area (Å²) in [6.07, 6.45) is 2.15. The number of amides is 4. The molecule has 6 heteroatoms. The number of nitrogens with one attached hydrogen (secondary N) is 2. The first kappa shape index (κ1) is 17.9. The van der Waals surface area contributed by atoms with E-state index in [-0.39, 0.29) is 29.6 Å². The maximum atomic E-state index is 12.2. The molecule has 1 saturated heterocycles. The van der Waals surface area contributed by atoms with Crippen LogP contribution in [-0.2, 0) is 16.0 Å². The molecule has 0 aromatic heterocycles. The van der Waals surface area contributed by atoms with Crippen LogP contribution in [0.15, 0.2) is 30.3 Å². The first-order valence-corrected chi connectivity index (χ1v) is 6.79. The fraction of sp³-hybridized carbons (Fsp3) is 0.400. The summed E-state index contributed by atoms with van der Waals surface area (Å²) in [6.45, 7) is 1.92. The third kappa shape index (κ3) is 3.93. The molecule has 4 amide bonds. The zero-order valence-corrected chi connectivity index (χ0v) is 14.4. The third-order valence-corrected chi connectivity index (χ3v) is 3.68. The second-order valence-electron chi connectivity index (χ2n) is 5.06. The second kappa shape index (κ2) is 7.73. The van der Waals surface area contributed by atoms with Gasteiger partial charge in [0.05, 0.1) is 0 Å². The third-order valence-electron chi connectivity index (χ3n) is 3.68. The van der Waals surface area contributed by atoms with Crippen LogP contribution < -0.4 is 10.6 Å². The monoisotopic (exact) mass is 297 g/mol. The Hall–Kier alpha value is -1.17. The molecule has 1 fully saturated rings. The molecule has 1 aromatic carbocycles. The van der Waals surface area contributed by atoms with Gasteiger partial charge in [0.25, 0.3) is 0 Å². The van der Waals surface area contributed by atoms with Gasteiger partial charge in [-0.25, -0.2) is 4.79 Å². The number of hydrogen-bond acceptors (Lipinski definition) is 3. The molecule has 0 bridgehead atoms. The Kier molecular flexibility index (Phi) is 6.58. The Morgan fingerprint density at radius 3 is 2.05 bits per heavy atom. The molecule has 107 valence electrons. The smallest absolute Gasteiger partial charge is 0.277 e. The normalized spacial score (nSPS) is 16.7. The average molecular weight is 297 g/mol. The average Bonchev–Trinajstić information content (AvgIpc) is 2.43. The first-order valence-electron chi connectivity index (χ1n) is 6.79. The fourth-order valence-corrected chi connectivity index (χ4v) is 2.59. The predicted octanol–water partition coefficient (Wildman–Crippen LogP) is 1.39. The largest absolute Gasteiger partial charge is 0.328 e. The Balaban J connectivity index is 0.00000220. The molecule has 1 aliphatic rings. The van der Waals surface area contributed by atoms with E-state index in [4.69, 9.17) is 0 Å². The fourth-order valence-electron chi connectivity index (χ4n) is 2.59. The van der Waals surface area contributed by atoms with Gasteiger partial charge in [-0.05, 0) is 24.8 Å². The summed E-state index contributed by atoms with van der Waals surface area (Å²) in [5.74, 6) is -0.965. The summed E-state index contributed by atoms with van der Waals surface area (Å²) in [5.41, 5.74) is -0.0705. The predicted molar refractivity (Wildman–Crippen MR) is 79.5 cm³/mol. The summed E-state index contributed by atoms with van der Waals surface area (Å²) in [5, 5.41) is 4.42. The van der Waals surface area contributed by atoms with Gasteiger partial charge in [-0.2, -0.15) is 0 Å². The minimum atomic E-state index is -1.14. The van der Waals surface area contributed by atoms with Crippen molar-refractivity contribution in [1.82, 2.24) is 10.6 Å². The first-order chi connectivity index (χ1) is 9.58. The number of aryl methyl sites for hydroxylation is 1. The van der Waals surface area contributed by atoms with E-state index in [0.717, 1.165) is 5.56 Å². The van der Waals surface area contributed by atoms with Gasteiger partial charge in [0.15, 0.2) is 0 Å². The minimum Gasteiger partial charge on any atom is -0.277 e. The number of carbonyl (C=O) groups excluding carboxylic acids is 3. The van der Waals surface area contributed by atoms with Crippen molar-refractivity contribution in [3.8, 4) is 0 Å². The van der Waals surface area contributed by atoms with Crippen LogP contribution in [-0.4, -0.2) is 47.4 Å². The van der Waals surface area contributed by atoms with Gasteiger partial charge in [-0.3, -0.25) is 20.2 Å². The topological polar surface area (TPSA) is 75.3 Å². The molecule has 1 radical (unpaired) electrons. The summed E-state index contributed by atoms with van der Waals surface area (Å²) >= 11 is 0. The SMILES string of the molecule is CCCC1(CCc2ccccc2)C(=O)NC(=O)NC1=O.[Na]. The van der Waals surface area contributed by atoms with E-state index in [1.54, 1.807) is 0 Å². The van der Waals surface area contributed by atoms with E-state index in [0.29, 0.717) is 25.7 Å². The molecule has 1 aliphatic heterocycles. The second-order valence-corrected chi connectivity index (χ2v) is 5.06. The summed E-state index contributed by atoms with van der Waals surface area (Å²) in [7, 11) is 0. The van der Waals surface area contributed by atoms with Gasteiger partial charge in [-0.15, -0.1) is 0 Å². The van der Waals surface area contributed by atoms with E-state index in [9.17, 15) is 14.4 Å². The van der Waals surface area contributed by atoms with E-state index >= 15 is 0 Å². The van der Waals surface area contributed by atoms with Crippen LogP contribution in [0.4, 0.5) is 4.79 Å². The molecule has 2 rings (SSSR count). The van der Waals surface area contributed by atoms with Gasteiger partial charge >= 0.3 is 6.03 Å². The molecule has 0 unspecified atom stereocenters. The van der Waals surface area contributed by atoms with Crippen LogP contribution in [0.25, 0.3) is 0 Å². The number of imide groups is 2. The van der Waals surface area contributed by atoms with Crippen molar-refractivity contribution in [3.05, 3.63) is 35.9 Å². The standard InChI is InChI=1S/C15H18N2O3.Na/c1-2-9-15(10-8-11-6-4-3-5-7-11)12(18)16-14(20)17-13(15)19;/h3-7H,2,8-10H2,1H3,(H2,16,17,18,19,20);. The van der Waals surface area contributed by atoms with Crippen LogP contribution in [0.1, 0.15) is 31.7 Å². The van der Waals surface area contributed by atoms with Crippen LogP contribution >= 0.6 is 0 Å². The molecule has 0 atom stereocenters. The van der Waals surface area contributed by atoms with Crippen LogP contribution in [0.3, 0.4) is 0 Å². The van der Waals surface area contributed by atoms with E-state index in [1.165, 1.54) is 0 Å². The zero-order valence-electron chi connectivity index (χ0n) is 12.4. The zero-order chi connectivity index (χ0) is 14.6. The van der Waals surface area contributed by atoms with Crippen LogP contribution in [0.5, 0.6) is 0 Å². The number of rotatable bonds is 5. The number of hydrogen-bond donors (Lipinski definition) is 2.